The number of amides is 1. The standard InChI is InChI=1S/C17H34N2O6/c1-15(20)13-24-11-9-22-7-5-18-16(21)14-25-12-10-23-8-6-19-17(2,3)4/h19H,5-14H2,1-4H3,(H,18,21). The molecule has 0 radical (unpaired) electrons. The first-order valence-corrected chi connectivity index (χ1v) is 8.63. The van der Waals surface area contributed by atoms with E-state index in [9.17, 15) is 9.59 Å². The smallest absolute Gasteiger partial charge is 0.246 e. The fraction of sp³-hybridized carbons (Fsp3) is 0.882. The third-order valence-corrected chi connectivity index (χ3v) is 2.75. The molecule has 25 heavy (non-hydrogen) atoms. The summed E-state index contributed by atoms with van der Waals surface area (Å²) >= 11 is 0. The highest BCUT2D eigenvalue weighted by molar-refractivity contribution is 5.77. The van der Waals surface area contributed by atoms with E-state index in [1.54, 1.807) is 0 Å². The van der Waals surface area contributed by atoms with Crippen molar-refractivity contribution in [2.75, 3.05) is 65.9 Å². The van der Waals surface area contributed by atoms with Crippen LogP contribution in [0.4, 0.5) is 0 Å². The molecule has 8 nitrogen and oxygen atoms in total. The van der Waals surface area contributed by atoms with Crippen molar-refractivity contribution in [2.24, 2.45) is 0 Å². The Bertz CT molecular complexity index is 358. The second kappa shape index (κ2) is 15.2. The van der Waals surface area contributed by atoms with Crippen LogP contribution in [0, 0.1) is 0 Å². The highest BCUT2D eigenvalue weighted by atomic mass is 16.5. The molecule has 0 aliphatic rings. The van der Waals surface area contributed by atoms with E-state index in [4.69, 9.17) is 18.9 Å². The lowest BCUT2D eigenvalue weighted by Gasteiger charge is -2.20. The number of ether oxygens (including phenoxy) is 4. The fourth-order valence-electron chi connectivity index (χ4n) is 1.63. The number of Topliss-reactive ketones (excluding diaryl/α,β-unsaturated/α-hetero) is 1. The minimum Gasteiger partial charge on any atom is -0.378 e. The molecule has 8 heteroatoms. The summed E-state index contributed by atoms with van der Waals surface area (Å²) < 4.78 is 20.9. The van der Waals surface area contributed by atoms with E-state index in [0.717, 1.165) is 6.54 Å². The quantitative estimate of drug-likeness (QED) is 0.377. The number of carbonyl (C=O) groups excluding carboxylic acids is 2. The number of carbonyl (C=O) groups is 2. The Balaban J connectivity index is 3.25. The molecule has 0 saturated heterocycles. The molecule has 1 amide bonds. The zero-order valence-electron chi connectivity index (χ0n) is 16.0. The molecule has 148 valence electrons. The number of hydrogen-bond donors (Lipinski definition) is 2. The minimum atomic E-state index is -0.189. The molecular formula is C17H34N2O6. The first-order valence-electron chi connectivity index (χ1n) is 8.63. The Kier molecular flexibility index (Phi) is 14.6. The van der Waals surface area contributed by atoms with E-state index in [0.29, 0.717) is 46.2 Å². The van der Waals surface area contributed by atoms with Crippen LogP contribution in [0.5, 0.6) is 0 Å². The normalized spacial score (nSPS) is 11.5. The van der Waals surface area contributed by atoms with E-state index in [1.165, 1.54) is 6.92 Å². The Morgan fingerprint density at radius 2 is 1.28 bits per heavy atom. The van der Waals surface area contributed by atoms with Gasteiger partial charge in [-0.25, -0.2) is 0 Å². The predicted octanol–water partition coefficient (Wildman–Crippen LogP) is 0.146. The summed E-state index contributed by atoms with van der Waals surface area (Å²) in [5, 5.41) is 6.00. The second-order valence-corrected chi connectivity index (χ2v) is 6.56. The SMILES string of the molecule is CC(=O)COCCOCCNC(=O)COCCOCCNC(C)(C)C. The Morgan fingerprint density at radius 3 is 1.84 bits per heavy atom. The molecule has 0 aromatic rings. The van der Waals surface area contributed by atoms with E-state index in [2.05, 4.69) is 31.4 Å². The largest absolute Gasteiger partial charge is 0.378 e. The van der Waals surface area contributed by atoms with E-state index >= 15 is 0 Å². The molecule has 0 fully saturated rings. The van der Waals surface area contributed by atoms with Gasteiger partial charge in [-0.05, 0) is 27.7 Å². The van der Waals surface area contributed by atoms with E-state index in [-0.39, 0.29) is 30.4 Å². The monoisotopic (exact) mass is 362 g/mol. The zero-order chi connectivity index (χ0) is 19.0. The van der Waals surface area contributed by atoms with Crippen molar-refractivity contribution in [3.63, 3.8) is 0 Å². The zero-order valence-corrected chi connectivity index (χ0v) is 16.0. The van der Waals surface area contributed by atoms with Gasteiger partial charge in [0.25, 0.3) is 0 Å². The van der Waals surface area contributed by atoms with Crippen molar-refractivity contribution in [1.29, 1.82) is 0 Å². The van der Waals surface area contributed by atoms with Gasteiger partial charge in [-0.2, -0.15) is 0 Å². The van der Waals surface area contributed by atoms with Crippen LogP contribution in [0.25, 0.3) is 0 Å². The molecule has 0 aliphatic carbocycles. The first kappa shape index (κ1) is 23.9. The molecule has 0 aromatic carbocycles. The van der Waals surface area contributed by atoms with Crippen LogP contribution in [0.15, 0.2) is 0 Å². The summed E-state index contributed by atoms with van der Waals surface area (Å²) in [6, 6.07) is 0. The maximum absolute atomic E-state index is 11.5. The topological polar surface area (TPSA) is 95.1 Å². The van der Waals surface area contributed by atoms with Gasteiger partial charge in [-0.15, -0.1) is 0 Å². The van der Waals surface area contributed by atoms with Crippen molar-refractivity contribution in [2.45, 2.75) is 33.2 Å². The summed E-state index contributed by atoms with van der Waals surface area (Å²) in [4.78, 5) is 22.1. The van der Waals surface area contributed by atoms with Gasteiger partial charge in [-0.1, -0.05) is 0 Å². The lowest BCUT2D eigenvalue weighted by Crippen LogP contribution is -2.38. The summed E-state index contributed by atoms with van der Waals surface area (Å²) in [5.74, 6) is -0.204. The summed E-state index contributed by atoms with van der Waals surface area (Å²) in [7, 11) is 0. The molecule has 0 unspecified atom stereocenters. The van der Waals surface area contributed by atoms with Gasteiger partial charge in [0.15, 0.2) is 5.78 Å². The van der Waals surface area contributed by atoms with Gasteiger partial charge in [0.05, 0.1) is 39.6 Å². The van der Waals surface area contributed by atoms with Gasteiger partial charge >= 0.3 is 0 Å². The average molecular weight is 362 g/mol. The maximum Gasteiger partial charge on any atom is 0.246 e. The van der Waals surface area contributed by atoms with Crippen LogP contribution in [0.3, 0.4) is 0 Å². The van der Waals surface area contributed by atoms with Crippen LogP contribution < -0.4 is 10.6 Å². The maximum atomic E-state index is 11.5. The number of rotatable bonds is 16. The van der Waals surface area contributed by atoms with Crippen LogP contribution in [0.2, 0.25) is 0 Å². The van der Waals surface area contributed by atoms with Gasteiger partial charge in [0, 0.05) is 18.6 Å². The van der Waals surface area contributed by atoms with Gasteiger partial charge in [0.1, 0.15) is 13.2 Å². The molecule has 0 aliphatic heterocycles. The molecule has 2 N–H and O–H groups in total. The fourth-order valence-corrected chi connectivity index (χ4v) is 1.63. The average Bonchev–Trinajstić information content (AvgIpc) is 2.51. The van der Waals surface area contributed by atoms with Crippen molar-refractivity contribution >= 4 is 11.7 Å². The number of ketones is 1. The summed E-state index contributed by atoms with van der Waals surface area (Å²) in [6.07, 6.45) is 0. The highest BCUT2D eigenvalue weighted by Gasteiger charge is 2.07. The van der Waals surface area contributed by atoms with Crippen molar-refractivity contribution < 1.29 is 28.5 Å². The Hall–Kier alpha value is -1.06. The van der Waals surface area contributed by atoms with Gasteiger partial charge in [-0.3, -0.25) is 9.59 Å². The third kappa shape index (κ3) is 20.9. The van der Waals surface area contributed by atoms with Crippen LogP contribution in [0.1, 0.15) is 27.7 Å². The van der Waals surface area contributed by atoms with Crippen molar-refractivity contribution in [3.8, 4) is 0 Å². The van der Waals surface area contributed by atoms with Crippen LogP contribution in [-0.2, 0) is 28.5 Å². The van der Waals surface area contributed by atoms with Gasteiger partial charge < -0.3 is 29.6 Å². The van der Waals surface area contributed by atoms with Gasteiger partial charge in [0.2, 0.25) is 5.91 Å². The Morgan fingerprint density at radius 1 is 0.760 bits per heavy atom. The third-order valence-electron chi connectivity index (χ3n) is 2.75. The summed E-state index contributed by atoms with van der Waals surface area (Å²) in [5.41, 5.74) is 0.0865. The minimum absolute atomic E-state index is 0.00528. The van der Waals surface area contributed by atoms with E-state index in [1.807, 2.05) is 0 Å². The van der Waals surface area contributed by atoms with Crippen molar-refractivity contribution in [1.82, 2.24) is 10.6 Å². The second-order valence-electron chi connectivity index (χ2n) is 6.56. The molecule has 0 heterocycles. The lowest BCUT2D eigenvalue weighted by molar-refractivity contribution is -0.126. The molecule has 0 atom stereocenters. The van der Waals surface area contributed by atoms with Crippen LogP contribution >= 0.6 is 0 Å². The summed E-state index contributed by atoms with van der Waals surface area (Å²) in [6.45, 7) is 11.7. The molecule has 0 spiro atoms. The number of hydrogen-bond acceptors (Lipinski definition) is 7. The highest BCUT2D eigenvalue weighted by Crippen LogP contribution is 1.96. The molecule has 0 rings (SSSR count). The number of nitrogens with one attached hydrogen (secondary N) is 2. The first-order chi connectivity index (χ1) is 11.8. The van der Waals surface area contributed by atoms with Crippen molar-refractivity contribution in [3.05, 3.63) is 0 Å². The molecule has 0 aromatic heterocycles. The Labute approximate surface area is 150 Å². The predicted molar refractivity (Wildman–Crippen MR) is 94.7 cm³/mol. The van der Waals surface area contributed by atoms with E-state index < -0.39 is 0 Å². The van der Waals surface area contributed by atoms with Crippen LogP contribution in [-0.4, -0.2) is 83.2 Å². The molecule has 0 saturated carbocycles. The molecular weight excluding hydrogens is 328 g/mol. The molecule has 0 bridgehead atoms. The lowest BCUT2D eigenvalue weighted by atomic mass is 10.1.